The minimum atomic E-state index is 0.00224. The first-order valence-corrected chi connectivity index (χ1v) is 7.50. The molecule has 0 N–H and O–H groups in total. The second kappa shape index (κ2) is 8.00. The first-order chi connectivity index (χ1) is 11.1. The van der Waals surface area contributed by atoms with Crippen LogP contribution in [-0.2, 0) is 0 Å². The molecule has 0 atom stereocenters. The highest BCUT2D eigenvalue weighted by molar-refractivity contribution is 5.99. The molecular formula is C19H20N2O2. The number of nitrogens with zero attached hydrogens (tertiary/aromatic N) is 2. The predicted molar refractivity (Wildman–Crippen MR) is 90.9 cm³/mol. The molecule has 0 saturated carbocycles. The van der Waals surface area contributed by atoms with Crippen molar-refractivity contribution in [1.29, 1.82) is 5.26 Å². The SMILES string of the molecule is COc1cccc(C(=O)CN(CCC#N)c2ccc(C)cc2)c1. The Morgan fingerprint density at radius 1 is 1.22 bits per heavy atom. The summed E-state index contributed by atoms with van der Waals surface area (Å²) >= 11 is 0. The van der Waals surface area contributed by atoms with E-state index in [4.69, 9.17) is 10.00 Å². The third-order valence-corrected chi connectivity index (χ3v) is 3.62. The number of aryl methyl sites for hydroxylation is 1. The van der Waals surface area contributed by atoms with E-state index in [9.17, 15) is 4.79 Å². The molecule has 0 aliphatic heterocycles. The molecule has 0 unspecified atom stereocenters. The molecule has 0 aliphatic rings. The van der Waals surface area contributed by atoms with Gasteiger partial charge in [-0.2, -0.15) is 5.26 Å². The van der Waals surface area contributed by atoms with Crippen LogP contribution in [0.3, 0.4) is 0 Å². The molecular weight excluding hydrogens is 288 g/mol. The summed E-state index contributed by atoms with van der Waals surface area (Å²) in [6.07, 6.45) is 0.374. The van der Waals surface area contributed by atoms with Crippen molar-refractivity contribution in [3.63, 3.8) is 0 Å². The number of ether oxygens (including phenoxy) is 1. The lowest BCUT2D eigenvalue weighted by Crippen LogP contribution is -2.30. The van der Waals surface area contributed by atoms with Crippen molar-refractivity contribution in [2.45, 2.75) is 13.3 Å². The van der Waals surface area contributed by atoms with Gasteiger partial charge in [-0.15, -0.1) is 0 Å². The zero-order chi connectivity index (χ0) is 16.7. The maximum Gasteiger partial charge on any atom is 0.182 e. The van der Waals surface area contributed by atoms with E-state index in [-0.39, 0.29) is 12.3 Å². The number of anilines is 1. The van der Waals surface area contributed by atoms with Crippen molar-refractivity contribution in [1.82, 2.24) is 0 Å². The maximum absolute atomic E-state index is 12.5. The van der Waals surface area contributed by atoms with Crippen LogP contribution in [0, 0.1) is 18.3 Å². The topological polar surface area (TPSA) is 53.3 Å². The van der Waals surface area contributed by atoms with Crippen molar-refractivity contribution in [2.24, 2.45) is 0 Å². The molecule has 0 aromatic heterocycles. The van der Waals surface area contributed by atoms with Crippen LogP contribution >= 0.6 is 0 Å². The number of carbonyl (C=O) groups excluding carboxylic acids is 1. The van der Waals surface area contributed by atoms with E-state index in [1.54, 1.807) is 25.3 Å². The third-order valence-electron chi connectivity index (χ3n) is 3.62. The Labute approximate surface area is 136 Å². The number of hydrogen-bond acceptors (Lipinski definition) is 4. The number of methoxy groups -OCH3 is 1. The molecule has 0 aliphatic carbocycles. The lowest BCUT2D eigenvalue weighted by molar-refractivity contribution is 0.0998. The van der Waals surface area contributed by atoms with E-state index < -0.39 is 0 Å². The van der Waals surface area contributed by atoms with Crippen molar-refractivity contribution in [3.05, 3.63) is 59.7 Å². The fraction of sp³-hybridized carbons (Fsp3) is 0.263. The minimum Gasteiger partial charge on any atom is -0.497 e. The zero-order valence-electron chi connectivity index (χ0n) is 13.5. The van der Waals surface area contributed by atoms with Crippen molar-refractivity contribution in [3.8, 4) is 11.8 Å². The molecule has 2 rings (SSSR count). The summed E-state index contributed by atoms with van der Waals surface area (Å²) in [7, 11) is 1.58. The summed E-state index contributed by atoms with van der Waals surface area (Å²) in [6, 6.07) is 17.2. The summed E-state index contributed by atoms with van der Waals surface area (Å²) in [5, 5.41) is 8.85. The van der Waals surface area contributed by atoms with E-state index in [1.807, 2.05) is 42.2 Å². The van der Waals surface area contributed by atoms with Crippen LogP contribution in [0.5, 0.6) is 5.75 Å². The summed E-state index contributed by atoms with van der Waals surface area (Å²) in [4.78, 5) is 14.5. The van der Waals surface area contributed by atoms with E-state index >= 15 is 0 Å². The Morgan fingerprint density at radius 2 is 1.96 bits per heavy atom. The molecule has 0 spiro atoms. The second-order valence-electron chi connectivity index (χ2n) is 5.32. The Hall–Kier alpha value is -2.80. The molecule has 2 aromatic carbocycles. The van der Waals surface area contributed by atoms with Gasteiger partial charge in [0.15, 0.2) is 5.78 Å². The summed E-state index contributed by atoms with van der Waals surface area (Å²) in [6.45, 7) is 2.78. The molecule has 4 nitrogen and oxygen atoms in total. The third kappa shape index (κ3) is 4.58. The highest BCUT2D eigenvalue weighted by Crippen LogP contribution is 2.18. The van der Waals surface area contributed by atoms with Gasteiger partial charge in [0.2, 0.25) is 0 Å². The average molecular weight is 308 g/mol. The number of nitriles is 1. The Balaban J connectivity index is 2.17. The molecule has 4 heteroatoms. The monoisotopic (exact) mass is 308 g/mol. The fourth-order valence-corrected chi connectivity index (χ4v) is 2.30. The lowest BCUT2D eigenvalue weighted by Gasteiger charge is -2.23. The van der Waals surface area contributed by atoms with Crippen LogP contribution in [0.15, 0.2) is 48.5 Å². The van der Waals surface area contributed by atoms with Crippen molar-refractivity contribution in [2.75, 3.05) is 25.1 Å². The second-order valence-corrected chi connectivity index (χ2v) is 5.32. The highest BCUT2D eigenvalue weighted by Gasteiger charge is 2.14. The molecule has 0 bridgehead atoms. The molecule has 0 saturated heterocycles. The highest BCUT2D eigenvalue weighted by atomic mass is 16.5. The van der Waals surface area contributed by atoms with Crippen molar-refractivity contribution < 1.29 is 9.53 Å². The van der Waals surface area contributed by atoms with Gasteiger partial charge in [-0.3, -0.25) is 4.79 Å². The van der Waals surface area contributed by atoms with Crippen LogP contribution in [0.2, 0.25) is 0 Å². The smallest absolute Gasteiger partial charge is 0.182 e. The molecule has 0 radical (unpaired) electrons. The molecule has 2 aromatic rings. The number of benzene rings is 2. The number of rotatable bonds is 7. The van der Waals surface area contributed by atoms with Crippen LogP contribution < -0.4 is 9.64 Å². The molecule has 0 fully saturated rings. The van der Waals surface area contributed by atoms with Gasteiger partial charge in [0, 0.05) is 17.8 Å². The Bertz CT molecular complexity index is 702. The molecule has 23 heavy (non-hydrogen) atoms. The zero-order valence-corrected chi connectivity index (χ0v) is 13.5. The van der Waals surface area contributed by atoms with Gasteiger partial charge in [0.05, 0.1) is 26.1 Å². The summed E-state index contributed by atoms with van der Waals surface area (Å²) < 4.78 is 5.16. The number of hydrogen-bond donors (Lipinski definition) is 0. The molecule has 0 heterocycles. The van der Waals surface area contributed by atoms with Gasteiger partial charge in [-0.1, -0.05) is 29.8 Å². The first-order valence-electron chi connectivity index (χ1n) is 7.50. The average Bonchev–Trinajstić information content (AvgIpc) is 2.59. The van der Waals surface area contributed by atoms with Gasteiger partial charge in [0.1, 0.15) is 5.75 Å². The van der Waals surface area contributed by atoms with Gasteiger partial charge >= 0.3 is 0 Å². The van der Waals surface area contributed by atoms with Gasteiger partial charge in [-0.05, 0) is 31.2 Å². The van der Waals surface area contributed by atoms with Crippen LogP contribution in [-0.4, -0.2) is 26.0 Å². The lowest BCUT2D eigenvalue weighted by atomic mass is 10.1. The summed E-state index contributed by atoms with van der Waals surface area (Å²) in [5.74, 6) is 0.664. The number of Topliss-reactive ketones (excluding diaryl/α,β-unsaturated/α-hetero) is 1. The van der Waals surface area contributed by atoms with E-state index in [1.165, 1.54) is 0 Å². The van der Waals surface area contributed by atoms with E-state index in [2.05, 4.69) is 6.07 Å². The first kappa shape index (κ1) is 16.6. The number of carbonyl (C=O) groups is 1. The quantitative estimate of drug-likeness (QED) is 0.733. The predicted octanol–water partition coefficient (Wildman–Crippen LogP) is 3.61. The largest absolute Gasteiger partial charge is 0.497 e. The maximum atomic E-state index is 12.5. The molecule has 118 valence electrons. The normalized spacial score (nSPS) is 9.96. The van der Waals surface area contributed by atoms with E-state index in [0.29, 0.717) is 24.3 Å². The van der Waals surface area contributed by atoms with Crippen LogP contribution in [0.1, 0.15) is 22.3 Å². The van der Waals surface area contributed by atoms with Gasteiger partial charge in [0.25, 0.3) is 0 Å². The minimum absolute atomic E-state index is 0.00224. The Morgan fingerprint density at radius 3 is 2.61 bits per heavy atom. The Kier molecular flexibility index (Phi) is 5.76. The molecule has 0 amide bonds. The standard InChI is InChI=1S/C19H20N2O2/c1-15-7-9-17(10-8-15)21(12-4-11-20)14-19(22)16-5-3-6-18(13-16)23-2/h3,5-10,13H,4,12,14H2,1-2H3. The van der Waals surface area contributed by atoms with Crippen LogP contribution in [0.4, 0.5) is 5.69 Å². The van der Waals surface area contributed by atoms with Gasteiger partial charge < -0.3 is 9.64 Å². The number of ketones is 1. The summed E-state index contributed by atoms with van der Waals surface area (Å²) in [5.41, 5.74) is 2.72. The van der Waals surface area contributed by atoms with Crippen LogP contribution in [0.25, 0.3) is 0 Å². The van der Waals surface area contributed by atoms with Crippen molar-refractivity contribution >= 4 is 11.5 Å². The fourth-order valence-electron chi connectivity index (χ4n) is 2.30. The van der Waals surface area contributed by atoms with Gasteiger partial charge in [-0.25, -0.2) is 0 Å². The van der Waals surface area contributed by atoms with E-state index in [0.717, 1.165) is 11.3 Å².